The molecule has 16 heavy (non-hydrogen) atoms. The number of halogens is 1. The van der Waals surface area contributed by atoms with Gasteiger partial charge < -0.3 is 5.11 Å². The van der Waals surface area contributed by atoms with Gasteiger partial charge in [0.1, 0.15) is 0 Å². The van der Waals surface area contributed by atoms with Gasteiger partial charge in [0.05, 0.1) is 6.10 Å². The molecule has 0 aliphatic rings. The Balaban J connectivity index is 2.29. The minimum Gasteiger partial charge on any atom is -0.388 e. The summed E-state index contributed by atoms with van der Waals surface area (Å²) in [6.45, 7) is 3.69. The van der Waals surface area contributed by atoms with Gasteiger partial charge in [-0.1, -0.05) is 18.9 Å². The van der Waals surface area contributed by atoms with Gasteiger partial charge in [0.25, 0.3) is 0 Å². The molecule has 1 heterocycles. The van der Waals surface area contributed by atoms with E-state index in [0.29, 0.717) is 0 Å². The molecule has 3 heteroatoms. The quantitative estimate of drug-likeness (QED) is 0.606. The van der Waals surface area contributed by atoms with Crippen LogP contribution in [0.4, 0.5) is 0 Å². The van der Waals surface area contributed by atoms with Crippen LogP contribution in [0.1, 0.15) is 43.8 Å². The maximum absolute atomic E-state index is 9.92. The zero-order valence-corrected chi connectivity index (χ0v) is 11.0. The Morgan fingerprint density at radius 2 is 2.19 bits per heavy atom. The van der Waals surface area contributed by atoms with Gasteiger partial charge >= 0.3 is 0 Å². The molecular weight excluding hydrogens is 266 g/mol. The maximum Gasteiger partial charge on any atom is 0.0805 e. The molecule has 0 spiro atoms. The van der Waals surface area contributed by atoms with Gasteiger partial charge in [0.15, 0.2) is 0 Å². The van der Waals surface area contributed by atoms with Crippen LogP contribution in [-0.4, -0.2) is 10.1 Å². The van der Waals surface area contributed by atoms with Gasteiger partial charge in [0, 0.05) is 16.9 Å². The Kier molecular flexibility index (Phi) is 6.34. The van der Waals surface area contributed by atoms with E-state index in [1.807, 2.05) is 12.1 Å². The number of pyridine rings is 1. The van der Waals surface area contributed by atoms with Crippen LogP contribution in [0.2, 0.25) is 0 Å². The van der Waals surface area contributed by atoms with E-state index in [4.69, 9.17) is 0 Å². The van der Waals surface area contributed by atoms with E-state index in [2.05, 4.69) is 27.5 Å². The largest absolute Gasteiger partial charge is 0.388 e. The lowest BCUT2D eigenvalue weighted by Gasteiger charge is -2.10. The topological polar surface area (TPSA) is 33.1 Å². The van der Waals surface area contributed by atoms with Crippen LogP contribution >= 0.6 is 15.9 Å². The Morgan fingerprint density at radius 3 is 2.88 bits per heavy atom. The number of nitrogens with zero attached hydrogens (tertiary/aromatic N) is 1. The summed E-state index contributed by atoms with van der Waals surface area (Å²) >= 11 is 3.35. The number of hydrogen-bond acceptors (Lipinski definition) is 2. The summed E-state index contributed by atoms with van der Waals surface area (Å²) in [4.78, 5) is 4.04. The van der Waals surface area contributed by atoms with Crippen LogP contribution in [0.5, 0.6) is 0 Å². The lowest BCUT2D eigenvalue weighted by molar-refractivity contribution is 0.163. The number of unbranched alkanes of at least 4 members (excludes halogenated alkanes) is 3. The van der Waals surface area contributed by atoms with Crippen molar-refractivity contribution in [1.29, 1.82) is 0 Å². The van der Waals surface area contributed by atoms with Crippen molar-refractivity contribution in [3.05, 3.63) is 41.2 Å². The van der Waals surface area contributed by atoms with Crippen LogP contribution < -0.4 is 0 Å². The number of aromatic nitrogens is 1. The van der Waals surface area contributed by atoms with Crippen molar-refractivity contribution in [2.24, 2.45) is 0 Å². The molecule has 1 N–H and O–H groups in total. The summed E-state index contributed by atoms with van der Waals surface area (Å²) in [6.07, 6.45) is 10.2. The number of aliphatic hydroxyl groups is 1. The van der Waals surface area contributed by atoms with E-state index in [9.17, 15) is 5.11 Å². The summed E-state index contributed by atoms with van der Waals surface area (Å²) in [7, 11) is 0. The molecule has 0 aliphatic heterocycles. The Morgan fingerprint density at radius 1 is 1.38 bits per heavy atom. The zero-order chi connectivity index (χ0) is 11.8. The Labute approximate surface area is 106 Å². The van der Waals surface area contributed by atoms with Crippen molar-refractivity contribution in [1.82, 2.24) is 4.98 Å². The first-order valence-electron chi connectivity index (χ1n) is 5.63. The van der Waals surface area contributed by atoms with Gasteiger partial charge in [-0.15, -0.1) is 6.58 Å². The Hall–Kier alpha value is -0.670. The third-order valence-corrected chi connectivity index (χ3v) is 2.93. The molecule has 0 fully saturated rings. The van der Waals surface area contributed by atoms with E-state index < -0.39 is 6.10 Å². The van der Waals surface area contributed by atoms with Crippen LogP contribution in [0.3, 0.4) is 0 Å². The minimum absolute atomic E-state index is 0.395. The van der Waals surface area contributed by atoms with Crippen molar-refractivity contribution in [2.45, 2.75) is 38.2 Å². The van der Waals surface area contributed by atoms with E-state index in [0.717, 1.165) is 42.1 Å². The number of allylic oxidation sites excluding steroid dienone is 1. The molecule has 1 unspecified atom stereocenters. The first-order valence-corrected chi connectivity index (χ1v) is 6.42. The van der Waals surface area contributed by atoms with Gasteiger partial charge in [0.2, 0.25) is 0 Å². The highest BCUT2D eigenvalue weighted by Gasteiger charge is 2.07. The van der Waals surface area contributed by atoms with Crippen molar-refractivity contribution in [2.75, 3.05) is 0 Å². The number of hydrogen-bond donors (Lipinski definition) is 1. The molecule has 0 saturated heterocycles. The fraction of sp³-hybridized carbons (Fsp3) is 0.462. The van der Waals surface area contributed by atoms with Gasteiger partial charge in [-0.25, -0.2) is 0 Å². The predicted octanol–water partition coefficient (Wildman–Crippen LogP) is 4.01. The lowest BCUT2D eigenvalue weighted by Crippen LogP contribution is -1.98. The summed E-state index contributed by atoms with van der Waals surface area (Å²) in [5, 5.41) is 9.92. The first-order chi connectivity index (χ1) is 7.74. The van der Waals surface area contributed by atoms with Gasteiger partial charge in [-0.2, -0.15) is 0 Å². The summed E-state index contributed by atoms with van der Waals surface area (Å²) in [5.74, 6) is 0. The van der Waals surface area contributed by atoms with Gasteiger partial charge in [-0.05, 0) is 46.8 Å². The highest BCUT2D eigenvalue weighted by molar-refractivity contribution is 9.10. The molecule has 1 rings (SSSR count). The molecule has 0 aliphatic carbocycles. The minimum atomic E-state index is -0.395. The number of rotatable bonds is 7. The summed E-state index contributed by atoms with van der Waals surface area (Å²) in [5.41, 5.74) is 0.887. The molecule has 88 valence electrons. The van der Waals surface area contributed by atoms with Crippen molar-refractivity contribution in [3.8, 4) is 0 Å². The molecule has 0 bridgehead atoms. The highest BCUT2D eigenvalue weighted by atomic mass is 79.9. The molecule has 2 nitrogen and oxygen atoms in total. The average Bonchev–Trinajstić information content (AvgIpc) is 2.28. The van der Waals surface area contributed by atoms with E-state index in [1.54, 1.807) is 12.4 Å². The number of aliphatic hydroxyl groups excluding tert-OH is 1. The lowest BCUT2D eigenvalue weighted by atomic mass is 10.0. The van der Waals surface area contributed by atoms with Crippen molar-refractivity contribution in [3.63, 3.8) is 0 Å². The molecule has 0 amide bonds. The van der Waals surface area contributed by atoms with Crippen LogP contribution in [0.25, 0.3) is 0 Å². The molecule has 0 saturated carbocycles. The fourth-order valence-corrected chi connectivity index (χ4v) is 1.96. The third-order valence-electron chi connectivity index (χ3n) is 2.50. The average molecular weight is 284 g/mol. The predicted molar refractivity (Wildman–Crippen MR) is 70.2 cm³/mol. The molecule has 0 radical (unpaired) electrons. The smallest absolute Gasteiger partial charge is 0.0805 e. The standard InChI is InChI=1S/C13H18BrNO/c1-2-3-4-5-6-7-13(16)11-8-12(14)10-15-9-11/h2,8-10,13,16H,1,3-7H2. The SMILES string of the molecule is C=CCCCCCC(O)c1cncc(Br)c1. The van der Waals surface area contributed by atoms with Crippen LogP contribution in [0, 0.1) is 0 Å². The second-order valence-electron chi connectivity index (χ2n) is 3.88. The summed E-state index contributed by atoms with van der Waals surface area (Å²) in [6, 6.07) is 1.92. The molecule has 1 aromatic heterocycles. The molecule has 0 aromatic carbocycles. The second kappa shape index (κ2) is 7.58. The zero-order valence-electron chi connectivity index (χ0n) is 9.40. The van der Waals surface area contributed by atoms with Gasteiger partial charge in [-0.3, -0.25) is 4.98 Å². The van der Waals surface area contributed by atoms with E-state index >= 15 is 0 Å². The molecular formula is C13H18BrNO. The Bertz CT molecular complexity index is 327. The van der Waals surface area contributed by atoms with Crippen molar-refractivity contribution < 1.29 is 5.11 Å². The van der Waals surface area contributed by atoms with E-state index in [1.165, 1.54) is 0 Å². The second-order valence-corrected chi connectivity index (χ2v) is 4.79. The van der Waals surface area contributed by atoms with E-state index in [-0.39, 0.29) is 0 Å². The monoisotopic (exact) mass is 283 g/mol. The van der Waals surface area contributed by atoms with Crippen LogP contribution in [0.15, 0.2) is 35.6 Å². The maximum atomic E-state index is 9.92. The van der Waals surface area contributed by atoms with Crippen molar-refractivity contribution >= 4 is 15.9 Å². The normalized spacial score (nSPS) is 12.4. The highest BCUT2D eigenvalue weighted by Crippen LogP contribution is 2.21. The first kappa shape index (κ1) is 13.4. The summed E-state index contributed by atoms with van der Waals surface area (Å²) < 4.78 is 0.913. The fourth-order valence-electron chi connectivity index (χ4n) is 1.58. The molecule has 1 aromatic rings. The molecule has 1 atom stereocenters. The van der Waals surface area contributed by atoms with Crippen LogP contribution in [-0.2, 0) is 0 Å². The third kappa shape index (κ3) is 4.90.